The van der Waals surface area contributed by atoms with Crippen molar-refractivity contribution in [3.05, 3.63) is 24.0 Å². The molecule has 3 heteroatoms. The molecule has 0 aliphatic heterocycles. The highest BCUT2D eigenvalue weighted by Crippen LogP contribution is 2.19. The fraction of sp³-hybridized carbons (Fsp3) is 0.429. The quantitative estimate of drug-likeness (QED) is 0.650. The predicted molar refractivity (Wildman–Crippen MR) is 42.7 cm³/mol. The Hall–Kier alpha value is -0.570. The van der Waals surface area contributed by atoms with Gasteiger partial charge in [0.2, 0.25) is 0 Å². The highest BCUT2D eigenvalue weighted by molar-refractivity contribution is 7.80. The van der Waals surface area contributed by atoms with E-state index in [0.29, 0.717) is 0 Å². The normalized spacial score (nSPS) is 13.0. The van der Waals surface area contributed by atoms with Crippen LogP contribution in [-0.2, 0) is 0 Å². The highest BCUT2D eigenvalue weighted by atomic mass is 32.1. The van der Waals surface area contributed by atoms with E-state index in [1.54, 1.807) is 6.20 Å². The fourth-order valence-electron chi connectivity index (χ4n) is 0.694. The maximum Gasteiger partial charge on any atom is 0.0769 e. The zero-order valence-corrected chi connectivity index (χ0v) is 6.64. The summed E-state index contributed by atoms with van der Waals surface area (Å²) in [6.07, 6.45) is 2.59. The monoisotopic (exact) mass is 153 g/mol. The first kappa shape index (κ1) is 7.54. The molecule has 0 aliphatic rings. The van der Waals surface area contributed by atoms with Crippen LogP contribution in [0.15, 0.2) is 18.3 Å². The maximum absolute atomic E-state index is 5.10. The van der Waals surface area contributed by atoms with Gasteiger partial charge in [0.1, 0.15) is 0 Å². The molecule has 0 saturated carbocycles. The largest absolute Gasteiger partial charge is 0.159 e. The number of hydrogen-bond donors (Lipinski definition) is 0. The second-order valence-corrected chi connectivity index (χ2v) is 2.61. The van der Waals surface area contributed by atoms with E-state index in [1.165, 1.54) is 0 Å². The molecule has 10 heavy (non-hydrogen) atoms. The minimum absolute atomic E-state index is 0.119. The van der Waals surface area contributed by atoms with Gasteiger partial charge in [0, 0.05) is 6.20 Å². The van der Waals surface area contributed by atoms with Gasteiger partial charge in [0.05, 0.1) is 10.9 Å². The Bertz CT molecular complexity index is 188. The molecule has 0 fully saturated rings. The average Bonchev–Trinajstić information content (AvgIpc) is 2.05. The molecule has 0 bridgehead atoms. The topological polar surface area (TPSA) is 25.8 Å². The Kier molecular flexibility index (Phi) is 2.68. The van der Waals surface area contributed by atoms with Gasteiger partial charge >= 0.3 is 0 Å². The summed E-state index contributed by atoms with van der Waals surface area (Å²) in [5.74, 6) is 0. The molecule has 0 N–H and O–H groups in total. The second kappa shape index (κ2) is 3.56. The lowest BCUT2D eigenvalue weighted by atomic mass is 10.2. The average molecular weight is 153 g/mol. The maximum atomic E-state index is 5.10. The summed E-state index contributed by atoms with van der Waals surface area (Å²) >= 11 is 5.10. The first-order valence-corrected chi connectivity index (χ1v) is 3.75. The van der Waals surface area contributed by atoms with E-state index in [9.17, 15) is 0 Å². The summed E-state index contributed by atoms with van der Waals surface area (Å²) in [5, 5.41) is 7.75. The van der Waals surface area contributed by atoms with Crippen molar-refractivity contribution in [1.29, 1.82) is 0 Å². The van der Waals surface area contributed by atoms with Gasteiger partial charge in [-0.2, -0.15) is 10.2 Å². The van der Waals surface area contributed by atoms with E-state index in [0.717, 1.165) is 12.1 Å². The van der Waals surface area contributed by atoms with Crippen molar-refractivity contribution in [2.45, 2.75) is 18.6 Å². The lowest BCUT2D eigenvalue weighted by molar-refractivity contribution is 0.824. The minimum atomic E-state index is 0.119. The zero-order chi connectivity index (χ0) is 7.40. The molecule has 1 heterocycles. The standard InChI is InChI=1S/C7H9N2S/c1-2-7(10)6-4-3-5-8-9-6/h3-5,7H,2H2,1H3. The van der Waals surface area contributed by atoms with Gasteiger partial charge in [0.25, 0.3) is 0 Å². The van der Waals surface area contributed by atoms with Gasteiger partial charge in [-0.25, -0.2) is 0 Å². The molecular formula is C7H9N2S. The molecule has 0 aromatic carbocycles. The van der Waals surface area contributed by atoms with Crippen molar-refractivity contribution in [3.63, 3.8) is 0 Å². The van der Waals surface area contributed by atoms with E-state index < -0.39 is 0 Å². The molecule has 0 saturated heterocycles. The van der Waals surface area contributed by atoms with E-state index in [2.05, 4.69) is 10.2 Å². The predicted octanol–water partition coefficient (Wildman–Crippen LogP) is 2.13. The third-order valence-electron chi connectivity index (χ3n) is 1.29. The Labute approximate surface area is 66.1 Å². The van der Waals surface area contributed by atoms with E-state index >= 15 is 0 Å². The van der Waals surface area contributed by atoms with Gasteiger partial charge in [-0.15, -0.1) is 0 Å². The van der Waals surface area contributed by atoms with Crippen LogP contribution >= 0.6 is 12.6 Å². The fourth-order valence-corrected chi connectivity index (χ4v) is 0.820. The van der Waals surface area contributed by atoms with Crippen LogP contribution in [0.2, 0.25) is 0 Å². The number of rotatable bonds is 2. The van der Waals surface area contributed by atoms with Crippen LogP contribution in [0.1, 0.15) is 24.3 Å². The van der Waals surface area contributed by atoms with Crippen molar-refractivity contribution in [1.82, 2.24) is 10.2 Å². The summed E-state index contributed by atoms with van der Waals surface area (Å²) < 4.78 is 0. The van der Waals surface area contributed by atoms with Crippen LogP contribution in [0.4, 0.5) is 0 Å². The molecule has 1 rings (SSSR count). The second-order valence-electron chi connectivity index (χ2n) is 2.05. The molecule has 1 radical (unpaired) electrons. The van der Waals surface area contributed by atoms with Gasteiger partial charge in [-0.3, -0.25) is 0 Å². The molecular weight excluding hydrogens is 144 g/mol. The molecule has 1 atom stereocenters. The molecule has 0 spiro atoms. The number of aromatic nitrogens is 2. The highest BCUT2D eigenvalue weighted by Gasteiger charge is 2.03. The molecule has 1 aromatic heterocycles. The Morgan fingerprint density at radius 2 is 2.50 bits per heavy atom. The van der Waals surface area contributed by atoms with Crippen LogP contribution in [0.3, 0.4) is 0 Å². The third kappa shape index (κ3) is 1.70. The van der Waals surface area contributed by atoms with E-state index in [1.807, 2.05) is 19.1 Å². The molecule has 53 valence electrons. The summed E-state index contributed by atoms with van der Waals surface area (Å²) in [6.45, 7) is 2.05. The van der Waals surface area contributed by atoms with E-state index in [-0.39, 0.29) is 5.25 Å². The number of nitrogens with zero attached hydrogens (tertiary/aromatic N) is 2. The Morgan fingerprint density at radius 3 is 3.00 bits per heavy atom. The van der Waals surface area contributed by atoms with Crippen molar-refractivity contribution in [2.75, 3.05) is 0 Å². The summed E-state index contributed by atoms with van der Waals surface area (Å²) in [5.41, 5.74) is 0.903. The summed E-state index contributed by atoms with van der Waals surface area (Å²) in [4.78, 5) is 0. The van der Waals surface area contributed by atoms with Crippen molar-refractivity contribution >= 4 is 12.6 Å². The van der Waals surface area contributed by atoms with E-state index in [4.69, 9.17) is 12.6 Å². The smallest absolute Gasteiger partial charge is 0.0769 e. The zero-order valence-electron chi connectivity index (χ0n) is 5.82. The van der Waals surface area contributed by atoms with Crippen LogP contribution < -0.4 is 0 Å². The third-order valence-corrected chi connectivity index (χ3v) is 1.87. The van der Waals surface area contributed by atoms with Gasteiger partial charge in [-0.05, 0) is 18.6 Å². The van der Waals surface area contributed by atoms with Crippen LogP contribution in [0, 0.1) is 0 Å². The number of hydrogen-bond acceptors (Lipinski definition) is 2. The van der Waals surface area contributed by atoms with Crippen molar-refractivity contribution < 1.29 is 0 Å². The van der Waals surface area contributed by atoms with Crippen LogP contribution in [-0.4, -0.2) is 10.2 Å². The molecule has 1 aromatic rings. The lowest BCUT2D eigenvalue weighted by Gasteiger charge is -2.02. The minimum Gasteiger partial charge on any atom is -0.159 e. The molecule has 0 amide bonds. The summed E-state index contributed by atoms with van der Waals surface area (Å²) in [6, 6.07) is 3.77. The lowest BCUT2D eigenvalue weighted by Crippen LogP contribution is -1.93. The first-order valence-electron chi connectivity index (χ1n) is 3.28. The van der Waals surface area contributed by atoms with Gasteiger partial charge in [0.15, 0.2) is 0 Å². The van der Waals surface area contributed by atoms with Crippen molar-refractivity contribution in [2.24, 2.45) is 0 Å². The summed E-state index contributed by atoms with van der Waals surface area (Å²) in [7, 11) is 0. The van der Waals surface area contributed by atoms with Crippen LogP contribution in [0.25, 0.3) is 0 Å². The Balaban J connectivity index is 2.75. The molecule has 2 nitrogen and oxygen atoms in total. The van der Waals surface area contributed by atoms with Gasteiger partial charge < -0.3 is 0 Å². The Morgan fingerprint density at radius 1 is 1.70 bits per heavy atom. The van der Waals surface area contributed by atoms with Crippen LogP contribution in [0.5, 0.6) is 0 Å². The molecule has 1 unspecified atom stereocenters. The van der Waals surface area contributed by atoms with Crippen molar-refractivity contribution in [3.8, 4) is 0 Å². The first-order chi connectivity index (χ1) is 4.84. The van der Waals surface area contributed by atoms with Gasteiger partial charge in [-0.1, -0.05) is 19.6 Å². The SMILES string of the molecule is CCC([S])c1cccnn1. The molecule has 0 aliphatic carbocycles.